The van der Waals surface area contributed by atoms with Gasteiger partial charge >= 0.3 is 0 Å². The Morgan fingerprint density at radius 3 is 0.500 bits per heavy atom. The fourth-order valence-electron chi connectivity index (χ4n) is 13.6. The summed E-state index contributed by atoms with van der Waals surface area (Å²) in [6, 6.07) is 135. The summed E-state index contributed by atoms with van der Waals surface area (Å²) in [4.78, 5) is 0. The first-order valence-electron chi connectivity index (χ1n) is 29.2. The van der Waals surface area contributed by atoms with E-state index in [1.165, 1.54) is 82.8 Å². The van der Waals surface area contributed by atoms with Crippen LogP contribution in [0.1, 0.15) is 0 Å². The largest absolute Gasteiger partial charge is 0.147 e. The number of benzene rings is 12. The van der Waals surface area contributed by atoms with Crippen LogP contribution in [0.3, 0.4) is 0 Å². The monoisotopic (exact) mass is 1360 g/mol. The maximum absolute atomic E-state index is 10.7. The quantitative estimate of drug-likeness (QED) is 0.0952. The minimum Gasteiger partial charge on any atom is -0.0818 e. The Morgan fingerprint density at radius 1 is 0.216 bits per heavy atom. The van der Waals surface area contributed by atoms with E-state index in [9.17, 15) is 45.0 Å². The summed E-state index contributed by atoms with van der Waals surface area (Å²) >= 11 is 41.1. The van der Waals surface area contributed by atoms with E-state index in [-0.39, 0.29) is 0 Å². The number of halogens is 4. The highest BCUT2D eigenvalue weighted by Crippen LogP contribution is 3.13. The zero-order chi connectivity index (χ0) is 59.8. The van der Waals surface area contributed by atoms with Crippen molar-refractivity contribution < 1.29 is 0 Å². The van der Waals surface area contributed by atoms with Gasteiger partial charge in [-0.25, -0.2) is 0 Å². The van der Waals surface area contributed by atoms with E-state index in [0.717, 1.165) is 0 Å². The third kappa shape index (κ3) is 9.23. The van der Waals surface area contributed by atoms with Gasteiger partial charge in [-0.2, -0.15) is 0 Å². The van der Waals surface area contributed by atoms with E-state index in [1.807, 2.05) is 0 Å². The first-order chi connectivity index (χ1) is 43.3. The van der Waals surface area contributed by atoms with E-state index in [2.05, 4.69) is 364 Å². The molecule has 0 bridgehead atoms. The molecule has 430 valence electrons. The molecule has 0 spiro atoms. The van der Waals surface area contributed by atoms with Crippen LogP contribution in [-0.4, -0.2) is 19.1 Å². The van der Waals surface area contributed by atoms with Gasteiger partial charge in [0.2, 0.25) is 0 Å². The fraction of sp³-hybridized carbons (Fsp3) is 0. The molecule has 12 aromatic carbocycles. The zero-order valence-electron chi connectivity index (χ0n) is 47.7. The first kappa shape index (κ1) is 60.3. The van der Waals surface area contributed by atoms with Crippen LogP contribution < -0.4 is 63.7 Å². The van der Waals surface area contributed by atoms with Gasteiger partial charge in [0.15, 0.2) is 0 Å². The highest BCUT2D eigenvalue weighted by Gasteiger charge is 2.76. The Kier molecular flexibility index (Phi) is 17.4. The molecule has 4 atom stereocenters. The summed E-state index contributed by atoms with van der Waals surface area (Å²) in [5.74, 6) is -7.87. The van der Waals surface area contributed by atoms with Gasteiger partial charge in [0.1, 0.15) is 55.9 Å². The molecular formula is C76H60Cl4P8+2. The minimum absolute atomic E-state index is 1.17. The molecule has 2 aliphatic rings. The fourth-order valence-corrected chi connectivity index (χ4v) is 106. The van der Waals surface area contributed by atoms with Crippen molar-refractivity contribution in [2.75, 3.05) is 0 Å². The third-order valence-corrected chi connectivity index (χ3v) is 78.8. The molecule has 0 amide bonds. The van der Waals surface area contributed by atoms with E-state index in [1.54, 1.807) is 0 Å². The van der Waals surface area contributed by atoms with Crippen LogP contribution in [0.15, 0.2) is 364 Å². The van der Waals surface area contributed by atoms with Crippen molar-refractivity contribution in [2.45, 2.75) is 0 Å². The first-order valence-corrected chi connectivity index (χ1v) is 46.9. The van der Waals surface area contributed by atoms with Crippen molar-refractivity contribution in [3.8, 4) is 0 Å². The molecule has 0 saturated carbocycles. The van der Waals surface area contributed by atoms with Crippen LogP contribution in [0.25, 0.3) is 0 Å². The summed E-state index contributed by atoms with van der Waals surface area (Å²) in [6.45, 7) is -6.60. The second-order valence-corrected chi connectivity index (χ2v) is 56.2. The molecule has 0 fully saturated rings. The highest BCUT2D eigenvalue weighted by molar-refractivity contribution is 8.93. The Balaban J connectivity index is 1.44. The van der Waals surface area contributed by atoms with Crippen molar-refractivity contribution in [2.24, 2.45) is 0 Å². The number of hydrogen-bond acceptors (Lipinski definition) is 0. The molecule has 2 heterocycles. The van der Waals surface area contributed by atoms with Gasteiger partial charge in [-0.1, -0.05) is 336 Å². The minimum atomic E-state index is -3.93. The smallest absolute Gasteiger partial charge is 0.0818 e. The van der Waals surface area contributed by atoms with Gasteiger partial charge in [0, 0.05) is 9.55 Å². The van der Waals surface area contributed by atoms with Gasteiger partial charge < -0.3 is 0 Å². The number of fused-ring (bicyclic) bond motifs is 1. The van der Waals surface area contributed by atoms with Gasteiger partial charge in [-0.3, -0.25) is 0 Å². The molecule has 0 nitrogen and oxygen atoms in total. The molecule has 4 unspecified atom stereocenters. The molecule has 0 N–H and O–H groups in total. The summed E-state index contributed by atoms with van der Waals surface area (Å²) < 4.78 is 4.74. The summed E-state index contributed by atoms with van der Waals surface area (Å²) in [5, 5.41) is 14.1. The van der Waals surface area contributed by atoms with Crippen LogP contribution in [0.5, 0.6) is 0 Å². The second kappa shape index (κ2) is 25.4. The highest BCUT2D eigenvalue weighted by atomic mass is 35.7. The standard InChI is InChI=1S/C76H60Cl4P8/c77-81-73(83(61-37-13-1-14-38-61,62-39-15-2-16-40-62)63-41-17-3-18-42-63)87(79)75(85(67-49-25-7-26-50-67,68-51-27-8-28-52-68)69-53-29-9-30-54-69)82(78)76(86(70-55-31-10-32-56-70,71-57-33-11-34-58-71)72-59-35-12-36-60-72)88(87,80)74(81)84(64-43-19-4-20-44-64,65-45-21-5-22-46-65)66-47-23-6-24-48-66/h1-60H/q+2. The molecule has 12 aromatic rings. The molecule has 0 aromatic heterocycles. The number of hydrogen-bond donors (Lipinski definition) is 0. The molecule has 14 rings (SSSR count). The van der Waals surface area contributed by atoms with E-state index in [4.69, 9.17) is 0 Å². The molecule has 0 aliphatic carbocycles. The third-order valence-electron chi connectivity index (χ3n) is 17.1. The average molecular weight is 1360 g/mol. The molecule has 2 aliphatic heterocycles. The van der Waals surface area contributed by atoms with Gasteiger partial charge in [0.05, 0.1) is 26.4 Å². The topological polar surface area (TPSA) is 0 Å². The molecule has 0 radical (unpaired) electrons. The van der Waals surface area contributed by atoms with Crippen LogP contribution in [0.2, 0.25) is 0 Å². The lowest BCUT2D eigenvalue weighted by molar-refractivity contribution is 1.73. The van der Waals surface area contributed by atoms with Gasteiger partial charge in [-0.05, 0) is 118 Å². The van der Waals surface area contributed by atoms with E-state index in [0.29, 0.717) is 0 Å². The maximum atomic E-state index is 10.7. The summed E-state index contributed by atoms with van der Waals surface area (Å²) in [6.07, 6.45) is 0. The summed E-state index contributed by atoms with van der Waals surface area (Å²) in [7, 11) is -10.7. The predicted molar refractivity (Wildman–Crippen MR) is 412 cm³/mol. The normalized spacial score (nSPS) is 18.7. The SMILES string of the molecule is ClP1C(=P(c2ccccc2)(c2ccccc2)c2ccccc2)P2(Cl)=C([P+](c3ccccc3)(c3ccccc3)c3ccccc3)P(Cl)C(=P(c3ccccc3)(c3ccccc3)c3ccccc3)P2(Cl)=C1[P+](c1ccccc1)(c1ccccc1)c1ccccc1. The molecule has 88 heavy (non-hydrogen) atoms. The van der Waals surface area contributed by atoms with Crippen LogP contribution in [0.4, 0.5) is 0 Å². The van der Waals surface area contributed by atoms with Gasteiger partial charge in [-0.15, -0.1) is 0 Å². The Labute approximate surface area is 541 Å². The molecular weight excluding hydrogens is 1300 g/mol. The lowest BCUT2D eigenvalue weighted by atomic mass is 10.4. The second-order valence-electron chi connectivity index (χ2n) is 21.6. The Morgan fingerprint density at radius 2 is 0.352 bits per heavy atom. The van der Waals surface area contributed by atoms with Crippen molar-refractivity contribution in [3.05, 3.63) is 364 Å². The molecule has 0 saturated heterocycles. The van der Waals surface area contributed by atoms with Crippen molar-refractivity contribution in [1.82, 2.24) is 0 Å². The van der Waals surface area contributed by atoms with Crippen molar-refractivity contribution in [3.63, 3.8) is 0 Å². The van der Waals surface area contributed by atoms with Crippen molar-refractivity contribution in [1.29, 1.82) is 0 Å². The Hall–Kier alpha value is -5.28. The van der Waals surface area contributed by atoms with E-state index < -0.39 is 54.7 Å². The zero-order valence-corrected chi connectivity index (χ0v) is 57.9. The van der Waals surface area contributed by atoms with Crippen molar-refractivity contribution >= 4 is 182 Å². The maximum Gasteiger partial charge on any atom is 0.147 e. The van der Waals surface area contributed by atoms with Crippen LogP contribution in [-0.2, 0) is 0 Å². The lowest BCUT2D eigenvalue weighted by Crippen LogP contribution is -2.37. The lowest BCUT2D eigenvalue weighted by Gasteiger charge is -2.38. The molecule has 12 heteroatoms. The van der Waals surface area contributed by atoms with E-state index >= 15 is 0 Å². The Bertz CT molecular complexity index is 3970. The summed E-state index contributed by atoms with van der Waals surface area (Å²) in [5.41, 5.74) is 0. The van der Waals surface area contributed by atoms with Gasteiger partial charge in [0.25, 0.3) is 0 Å². The van der Waals surface area contributed by atoms with Crippen LogP contribution >= 0.6 is 99.7 Å². The average Bonchev–Trinajstić information content (AvgIpc) is 1.46. The number of rotatable bonds is 14. The predicted octanol–water partition coefficient (Wildman–Crippen LogP) is 18.9. The van der Waals surface area contributed by atoms with Crippen LogP contribution in [0, 0.1) is 0 Å².